The summed E-state index contributed by atoms with van der Waals surface area (Å²) < 4.78 is 10.0. The first-order valence-corrected chi connectivity index (χ1v) is 3.84. The molecule has 4 nitrogen and oxygen atoms in total. The molecule has 13 heavy (non-hydrogen) atoms. The molecule has 4 heteroatoms. The second-order valence-electron chi connectivity index (χ2n) is 2.59. The number of methoxy groups -OCH3 is 1. The lowest BCUT2D eigenvalue weighted by Gasteiger charge is -2.09. The number of rotatable bonds is 4. The molecule has 0 fully saturated rings. The first kappa shape index (κ1) is 11.5. The van der Waals surface area contributed by atoms with Gasteiger partial charge in [0.15, 0.2) is 5.57 Å². The maximum atomic E-state index is 8.53. The van der Waals surface area contributed by atoms with Crippen molar-refractivity contribution in [2.75, 3.05) is 13.7 Å². The minimum Gasteiger partial charge on any atom is -0.496 e. The predicted molar refractivity (Wildman–Crippen MR) is 46.3 cm³/mol. The second-order valence-corrected chi connectivity index (χ2v) is 2.59. The molecule has 0 bridgehead atoms. The molecule has 0 amide bonds. The summed E-state index contributed by atoms with van der Waals surface area (Å²) in [6.07, 6.45) is 0.0452. The van der Waals surface area contributed by atoms with Gasteiger partial charge in [-0.25, -0.2) is 0 Å². The van der Waals surface area contributed by atoms with E-state index in [1.54, 1.807) is 12.1 Å². The van der Waals surface area contributed by atoms with Crippen LogP contribution in [0.1, 0.15) is 13.8 Å². The zero-order valence-corrected chi connectivity index (χ0v) is 8.00. The monoisotopic (exact) mass is 180 g/mol. The fraction of sp³-hybridized carbons (Fsp3) is 0.556. The van der Waals surface area contributed by atoms with Gasteiger partial charge in [0.05, 0.1) is 13.2 Å². The lowest BCUT2D eigenvalue weighted by atomic mass is 10.3. The molecule has 0 aliphatic rings. The van der Waals surface area contributed by atoms with Crippen LogP contribution in [0.15, 0.2) is 11.3 Å². The van der Waals surface area contributed by atoms with Crippen molar-refractivity contribution in [3.05, 3.63) is 11.3 Å². The van der Waals surface area contributed by atoms with Gasteiger partial charge in [0.25, 0.3) is 0 Å². The van der Waals surface area contributed by atoms with Crippen molar-refractivity contribution in [2.24, 2.45) is 0 Å². The van der Waals surface area contributed by atoms with Crippen molar-refractivity contribution >= 4 is 0 Å². The van der Waals surface area contributed by atoms with Crippen LogP contribution < -0.4 is 0 Å². The van der Waals surface area contributed by atoms with Crippen LogP contribution in [-0.4, -0.2) is 19.8 Å². The Labute approximate surface area is 78.0 Å². The average molecular weight is 180 g/mol. The molecule has 0 aliphatic heterocycles. The van der Waals surface area contributed by atoms with Gasteiger partial charge in [-0.15, -0.1) is 0 Å². The van der Waals surface area contributed by atoms with E-state index in [9.17, 15) is 0 Å². The van der Waals surface area contributed by atoms with Gasteiger partial charge in [-0.05, 0) is 13.8 Å². The molecular formula is C9H12N2O2. The molecule has 0 radical (unpaired) electrons. The normalized spacial score (nSPS) is 8.77. The van der Waals surface area contributed by atoms with Crippen LogP contribution in [0.3, 0.4) is 0 Å². The highest BCUT2D eigenvalue weighted by Gasteiger charge is 2.07. The van der Waals surface area contributed by atoms with Crippen LogP contribution in [0.25, 0.3) is 0 Å². The van der Waals surface area contributed by atoms with Gasteiger partial charge >= 0.3 is 0 Å². The summed E-state index contributed by atoms with van der Waals surface area (Å²) in [5.41, 5.74) is -0.0387. The van der Waals surface area contributed by atoms with E-state index >= 15 is 0 Å². The Morgan fingerprint density at radius 1 is 1.31 bits per heavy atom. The molecule has 0 unspecified atom stereocenters. The molecule has 0 heterocycles. The van der Waals surface area contributed by atoms with Gasteiger partial charge in [0, 0.05) is 0 Å². The fourth-order valence-corrected chi connectivity index (χ4v) is 0.625. The van der Waals surface area contributed by atoms with Gasteiger partial charge in [0.2, 0.25) is 0 Å². The summed E-state index contributed by atoms with van der Waals surface area (Å²) >= 11 is 0. The molecule has 0 aliphatic carbocycles. The lowest BCUT2D eigenvalue weighted by Crippen LogP contribution is -2.08. The summed E-state index contributed by atoms with van der Waals surface area (Å²) in [6, 6.07) is 3.48. The maximum absolute atomic E-state index is 8.53. The van der Waals surface area contributed by atoms with Gasteiger partial charge in [-0.1, -0.05) is 0 Å². The average Bonchev–Trinajstić information content (AvgIpc) is 2.11. The third-order valence-electron chi connectivity index (χ3n) is 1.30. The van der Waals surface area contributed by atoms with Crippen LogP contribution in [0.5, 0.6) is 0 Å². The van der Waals surface area contributed by atoms with E-state index in [1.165, 1.54) is 7.11 Å². The summed E-state index contributed by atoms with van der Waals surface area (Å²) in [4.78, 5) is 0. The van der Waals surface area contributed by atoms with Crippen LogP contribution in [0.2, 0.25) is 0 Å². The molecule has 0 aromatic carbocycles. The Balaban J connectivity index is 4.44. The zero-order valence-electron chi connectivity index (χ0n) is 8.00. The van der Waals surface area contributed by atoms with E-state index in [0.717, 1.165) is 0 Å². The molecule has 0 aromatic heterocycles. The molecule has 0 aromatic rings. The first-order chi connectivity index (χ1) is 6.15. The molecule has 70 valence electrons. The first-order valence-electron chi connectivity index (χ1n) is 3.84. The highest BCUT2D eigenvalue weighted by atomic mass is 16.5. The van der Waals surface area contributed by atoms with Crippen molar-refractivity contribution in [3.8, 4) is 12.1 Å². The number of ether oxygens (including phenoxy) is 2. The van der Waals surface area contributed by atoms with Gasteiger partial charge < -0.3 is 9.47 Å². The Kier molecular flexibility index (Phi) is 5.34. The van der Waals surface area contributed by atoms with E-state index in [0.29, 0.717) is 0 Å². The third-order valence-corrected chi connectivity index (χ3v) is 1.30. The molecule has 0 saturated carbocycles. The number of nitrogens with zero attached hydrogens (tertiary/aromatic N) is 2. The summed E-state index contributed by atoms with van der Waals surface area (Å²) in [5.74, 6) is 0.277. The maximum Gasteiger partial charge on any atom is 0.169 e. The molecule has 0 spiro atoms. The Hall–Kier alpha value is -1.52. The van der Waals surface area contributed by atoms with Crippen molar-refractivity contribution in [1.82, 2.24) is 0 Å². The van der Waals surface area contributed by atoms with Gasteiger partial charge in [-0.2, -0.15) is 10.5 Å². The smallest absolute Gasteiger partial charge is 0.169 e. The Bertz CT molecular complexity index is 252. The van der Waals surface area contributed by atoms with Crippen molar-refractivity contribution in [1.29, 1.82) is 10.5 Å². The minimum atomic E-state index is -0.0387. The standard InChI is InChI=1S/C9H12N2O2/c1-7(2)13-6-9(12-3)8(4-10)5-11/h7H,6H2,1-3H3. The highest BCUT2D eigenvalue weighted by molar-refractivity contribution is 5.38. The van der Waals surface area contributed by atoms with Gasteiger partial charge in [-0.3, -0.25) is 0 Å². The van der Waals surface area contributed by atoms with E-state index < -0.39 is 0 Å². The zero-order chi connectivity index (χ0) is 10.3. The van der Waals surface area contributed by atoms with Crippen LogP contribution in [-0.2, 0) is 9.47 Å². The molecule has 0 saturated heterocycles. The van der Waals surface area contributed by atoms with E-state index in [-0.39, 0.29) is 24.0 Å². The van der Waals surface area contributed by atoms with E-state index in [4.69, 9.17) is 20.0 Å². The molecule has 0 atom stereocenters. The summed E-state index contributed by atoms with van der Waals surface area (Å²) in [6.45, 7) is 3.89. The predicted octanol–water partition coefficient (Wildman–Crippen LogP) is 1.36. The minimum absolute atomic E-state index is 0.0387. The number of hydrogen-bond acceptors (Lipinski definition) is 4. The third kappa shape index (κ3) is 4.15. The SMILES string of the molecule is COC(COC(C)C)=C(C#N)C#N. The van der Waals surface area contributed by atoms with Crippen molar-refractivity contribution < 1.29 is 9.47 Å². The summed E-state index contributed by atoms with van der Waals surface area (Å²) in [7, 11) is 1.41. The summed E-state index contributed by atoms with van der Waals surface area (Å²) in [5, 5.41) is 17.1. The van der Waals surface area contributed by atoms with Crippen LogP contribution in [0.4, 0.5) is 0 Å². The van der Waals surface area contributed by atoms with Crippen LogP contribution in [0, 0.1) is 22.7 Å². The molecule has 0 N–H and O–H groups in total. The topological polar surface area (TPSA) is 66.0 Å². The number of hydrogen-bond donors (Lipinski definition) is 0. The fourth-order valence-electron chi connectivity index (χ4n) is 0.625. The lowest BCUT2D eigenvalue weighted by molar-refractivity contribution is 0.0681. The van der Waals surface area contributed by atoms with Crippen molar-refractivity contribution in [2.45, 2.75) is 20.0 Å². The highest BCUT2D eigenvalue weighted by Crippen LogP contribution is 2.05. The van der Waals surface area contributed by atoms with Crippen molar-refractivity contribution in [3.63, 3.8) is 0 Å². The molecular weight excluding hydrogens is 168 g/mol. The Morgan fingerprint density at radius 2 is 1.85 bits per heavy atom. The number of nitriles is 2. The quantitative estimate of drug-likeness (QED) is 0.484. The van der Waals surface area contributed by atoms with E-state index in [1.807, 2.05) is 13.8 Å². The van der Waals surface area contributed by atoms with Gasteiger partial charge in [0.1, 0.15) is 24.5 Å². The largest absolute Gasteiger partial charge is 0.496 e. The Morgan fingerprint density at radius 3 is 2.15 bits per heavy atom. The molecule has 0 rings (SSSR count). The number of allylic oxidation sites excluding steroid dienone is 1. The second kappa shape index (κ2) is 6.05. The van der Waals surface area contributed by atoms with Crippen LogP contribution >= 0.6 is 0 Å². The van der Waals surface area contributed by atoms with E-state index in [2.05, 4.69) is 0 Å².